The van der Waals surface area contributed by atoms with Gasteiger partial charge in [-0.15, -0.1) is 0 Å². The van der Waals surface area contributed by atoms with Crippen LogP contribution >= 0.6 is 0 Å². The van der Waals surface area contributed by atoms with Crippen molar-refractivity contribution in [1.29, 1.82) is 0 Å². The largest absolute Gasteiger partial charge is 0.478 e. The second-order valence-electron chi connectivity index (χ2n) is 5.20. The standard InChI is InChI=1S/C18H15FN2O2/c19-17-15(7-4-8-16(17)18(22)23)14-11-20-21(12-14)10-9-13-5-2-1-3-6-13/h1-8,11-12H,9-10H2,(H,22,23). The average Bonchev–Trinajstić information content (AvgIpc) is 3.02. The third-order valence-corrected chi connectivity index (χ3v) is 3.65. The van der Waals surface area contributed by atoms with Crippen molar-refractivity contribution in [3.63, 3.8) is 0 Å². The van der Waals surface area contributed by atoms with Gasteiger partial charge in [0.2, 0.25) is 0 Å². The predicted octanol–water partition coefficient (Wildman–Crippen LogP) is 3.63. The Morgan fingerprint density at radius 2 is 1.91 bits per heavy atom. The van der Waals surface area contributed by atoms with Gasteiger partial charge in [0, 0.05) is 23.9 Å². The van der Waals surface area contributed by atoms with E-state index < -0.39 is 11.8 Å². The van der Waals surface area contributed by atoms with E-state index in [1.807, 2.05) is 30.3 Å². The lowest BCUT2D eigenvalue weighted by molar-refractivity contribution is 0.0692. The number of aromatic carboxylic acids is 1. The van der Waals surface area contributed by atoms with Crippen LogP contribution in [-0.2, 0) is 13.0 Å². The molecule has 0 radical (unpaired) electrons. The van der Waals surface area contributed by atoms with E-state index >= 15 is 0 Å². The molecule has 1 N–H and O–H groups in total. The van der Waals surface area contributed by atoms with E-state index in [0.29, 0.717) is 12.1 Å². The number of carboxylic acids is 1. The number of benzene rings is 2. The number of carbonyl (C=O) groups is 1. The summed E-state index contributed by atoms with van der Waals surface area (Å²) in [4.78, 5) is 11.0. The van der Waals surface area contributed by atoms with Crippen molar-refractivity contribution in [2.75, 3.05) is 0 Å². The molecule has 2 aromatic carbocycles. The molecule has 116 valence electrons. The summed E-state index contributed by atoms with van der Waals surface area (Å²) in [6.45, 7) is 0.671. The summed E-state index contributed by atoms with van der Waals surface area (Å²) in [5.41, 5.74) is 1.68. The SMILES string of the molecule is O=C(O)c1cccc(-c2cnn(CCc3ccccc3)c2)c1F. The molecule has 0 saturated carbocycles. The monoisotopic (exact) mass is 310 g/mol. The molecular weight excluding hydrogens is 295 g/mol. The minimum absolute atomic E-state index is 0.246. The molecule has 1 aromatic heterocycles. The van der Waals surface area contributed by atoms with E-state index in [2.05, 4.69) is 5.10 Å². The number of aryl methyl sites for hydroxylation is 2. The van der Waals surface area contributed by atoms with Crippen molar-refractivity contribution >= 4 is 5.97 Å². The smallest absolute Gasteiger partial charge is 0.338 e. The summed E-state index contributed by atoms with van der Waals surface area (Å²) < 4.78 is 16.0. The topological polar surface area (TPSA) is 55.1 Å². The zero-order chi connectivity index (χ0) is 16.2. The van der Waals surface area contributed by atoms with Crippen LogP contribution in [0.25, 0.3) is 11.1 Å². The van der Waals surface area contributed by atoms with Gasteiger partial charge in [-0.05, 0) is 18.1 Å². The number of aromatic nitrogens is 2. The Hall–Kier alpha value is -2.95. The number of nitrogens with zero attached hydrogens (tertiary/aromatic N) is 2. The highest BCUT2D eigenvalue weighted by atomic mass is 19.1. The fourth-order valence-electron chi connectivity index (χ4n) is 2.43. The van der Waals surface area contributed by atoms with Gasteiger partial charge in [-0.3, -0.25) is 4.68 Å². The summed E-state index contributed by atoms with van der Waals surface area (Å²) in [7, 11) is 0. The van der Waals surface area contributed by atoms with Crippen LogP contribution in [0.2, 0.25) is 0 Å². The normalized spacial score (nSPS) is 10.7. The number of halogens is 1. The molecule has 0 bridgehead atoms. The van der Waals surface area contributed by atoms with Gasteiger partial charge in [0.25, 0.3) is 0 Å². The van der Waals surface area contributed by atoms with Crippen molar-refractivity contribution in [2.45, 2.75) is 13.0 Å². The van der Waals surface area contributed by atoms with Gasteiger partial charge in [0.15, 0.2) is 0 Å². The maximum Gasteiger partial charge on any atom is 0.338 e. The molecule has 3 rings (SSSR count). The Balaban J connectivity index is 1.80. The second-order valence-corrected chi connectivity index (χ2v) is 5.20. The van der Waals surface area contributed by atoms with Gasteiger partial charge in [-0.2, -0.15) is 5.10 Å². The van der Waals surface area contributed by atoms with E-state index in [1.54, 1.807) is 23.1 Å². The first kappa shape index (κ1) is 15.0. The van der Waals surface area contributed by atoms with Crippen molar-refractivity contribution in [3.8, 4) is 11.1 Å². The lowest BCUT2D eigenvalue weighted by Gasteiger charge is -2.03. The molecule has 0 aliphatic rings. The fraction of sp³-hybridized carbons (Fsp3) is 0.111. The molecule has 0 amide bonds. The number of rotatable bonds is 5. The molecular formula is C18H15FN2O2. The molecule has 1 heterocycles. The highest BCUT2D eigenvalue weighted by molar-refractivity contribution is 5.89. The van der Waals surface area contributed by atoms with Crippen LogP contribution in [-0.4, -0.2) is 20.9 Å². The first-order chi connectivity index (χ1) is 11.1. The zero-order valence-electron chi connectivity index (χ0n) is 12.3. The van der Waals surface area contributed by atoms with Gasteiger partial charge >= 0.3 is 5.97 Å². The molecule has 0 spiro atoms. The maximum absolute atomic E-state index is 14.3. The predicted molar refractivity (Wildman–Crippen MR) is 84.7 cm³/mol. The molecule has 0 atom stereocenters. The minimum Gasteiger partial charge on any atom is -0.478 e. The third kappa shape index (κ3) is 3.29. The molecule has 0 aliphatic heterocycles. The Bertz CT molecular complexity index is 828. The van der Waals surface area contributed by atoms with Crippen LogP contribution < -0.4 is 0 Å². The Labute approximate surface area is 132 Å². The van der Waals surface area contributed by atoms with Crippen molar-refractivity contribution in [3.05, 3.63) is 77.9 Å². The number of hydrogen-bond donors (Lipinski definition) is 1. The molecule has 5 heteroatoms. The summed E-state index contributed by atoms with van der Waals surface area (Å²) in [5.74, 6) is -2.01. The van der Waals surface area contributed by atoms with Crippen LogP contribution in [0.15, 0.2) is 60.9 Å². The third-order valence-electron chi connectivity index (χ3n) is 3.65. The van der Waals surface area contributed by atoms with E-state index in [4.69, 9.17) is 5.11 Å². The maximum atomic E-state index is 14.3. The van der Waals surface area contributed by atoms with Gasteiger partial charge in [0.1, 0.15) is 5.82 Å². The van der Waals surface area contributed by atoms with E-state index in [0.717, 1.165) is 6.42 Å². The molecule has 0 aliphatic carbocycles. The van der Waals surface area contributed by atoms with Crippen LogP contribution in [0.5, 0.6) is 0 Å². The molecule has 23 heavy (non-hydrogen) atoms. The van der Waals surface area contributed by atoms with Crippen LogP contribution in [0, 0.1) is 5.82 Å². The summed E-state index contributed by atoms with van der Waals surface area (Å²) in [6, 6.07) is 14.4. The van der Waals surface area contributed by atoms with Gasteiger partial charge in [-0.25, -0.2) is 9.18 Å². The first-order valence-electron chi connectivity index (χ1n) is 7.23. The second kappa shape index (κ2) is 6.44. The summed E-state index contributed by atoms with van der Waals surface area (Å²) in [5, 5.41) is 13.2. The lowest BCUT2D eigenvalue weighted by Crippen LogP contribution is -2.02. The average molecular weight is 310 g/mol. The Kier molecular flexibility index (Phi) is 4.19. The highest BCUT2D eigenvalue weighted by Gasteiger charge is 2.15. The van der Waals surface area contributed by atoms with Crippen molar-refractivity contribution in [2.24, 2.45) is 0 Å². The molecule has 0 unspecified atom stereocenters. The van der Waals surface area contributed by atoms with Crippen LogP contribution in [0.1, 0.15) is 15.9 Å². The summed E-state index contributed by atoms with van der Waals surface area (Å²) >= 11 is 0. The lowest BCUT2D eigenvalue weighted by atomic mass is 10.1. The van der Waals surface area contributed by atoms with Gasteiger partial charge < -0.3 is 5.11 Å². The molecule has 3 aromatic rings. The number of carboxylic acid groups (broad SMARTS) is 1. The highest BCUT2D eigenvalue weighted by Crippen LogP contribution is 2.24. The molecule has 0 saturated heterocycles. The Morgan fingerprint density at radius 3 is 2.65 bits per heavy atom. The fourth-order valence-corrected chi connectivity index (χ4v) is 2.43. The van der Waals surface area contributed by atoms with E-state index in [-0.39, 0.29) is 11.1 Å². The van der Waals surface area contributed by atoms with E-state index in [9.17, 15) is 9.18 Å². The van der Waals surface area contributed by atoms with Crippen LogP contribution in [0.4, 0.5) is 4.39 Å². The van der Waals surface area contributed by atoms with Gasteiger partial charge in [-0.1, -0.05) is 42.5 Å². The quantitative estimate of drug-likeness (QED) is 0.783. The van der Waals surface area contributed by atoms with E-state index in [1.165, 1.54) is 17.7 Å². The van der Waals surface area contributed by atoms with Crippen molar-refractivity contribution in [1.82, 2.24) is 9.78 Å². The zero-order valence-corrected chi connectivity index (χ0v) is 12.3. The van der Waals surface area contributed by atoms with Crippen LogP contribution in [0.3, 0.4) is 0 Å². The molecule has 0 fully saturated rings. The molecule has 4 nitrogen and oxygen atoms in total. The number of hydrogen-bond acceptors (Lipinski definition) is 2. The minimum atomic E-state index is -1.28. The summed E-state index contributed by atoms with van der Waals surface area (Å²) in [6.07, 6.45) is 4.10. The first-order valence-corrected chi connectivity index (χ1v) is 7.23. The van der Waals surface area contributed by atoms with Gasteiger partial charge in [0.05, 0.1) is 11.8 Å². The Morgan fingerprint density at radius 1 is 1.13 bits per heavy atom. The van der Waals surface area contributed by atoms with Crippen molar-refractivity contribution < 1.29 is 14.3 Å².